The van der Waals surface area contributed by atoms with Crippen LogP contribution < -0.4 is 0 Å². The maximum absolute atomic E-state index is 12.6. The van der Waals surface area contributed by atoms with Gasteiger partial charge in [0.2, 0.25) is 0 Å². The molecule has 0 spiro atoms. The Kier molecular flexibility index (Phi) is 3.74. The summed E-state index contributed by atoms with van der Waals surface area (Å²) in [7, 11) is 1.66. The van der Waals surface area contributed by atoms with E-state index >= 15 is 0 Å². The molecule has 2 heterocycles. The molecule has 1 aromatic rings. The first kappa shape index (κ1) is 13.5. The molecule has 0 bridgehead atoms. The quantitative estimate of drug-likeness (QED) is 0.827. The van der Waals surface area contributed by atoms with Crippen LogP contribution in [0.3, 0.4) is 0 Å². The van der Waals surface area contributed by atoms with Crippen molar-refractivity contribution in [2.24, 2.45) is 5.92 Å². The van der Waals surface area contributed by atoms with Gasteiger partial charge >= 0.3 is 0 Å². The molecule has 3 rings (SSSR count). The molecule has 1 aliphatic carbocycles. The summed E-state index contributed by atoms with van der Waals surface area (Å²) in [5, 5.41) is 4.15. The SMILES string of the molecule is COC1(C(=O)N2CCCC(Cn3cncn3)C2)CCC1. The fraction of sp³-hybridized carbons (Fsp3) is 0.786. The van der Waals surface area contributed by atoms with E-state index in [0.29, 0.717) is 5.92 Å². The van der Waals surface area contributed by atoms with Crippen LogP contribution in [0.25, 0.3) is 0 Å². The molecule has 20 heavy (non-hydrogen) atoms. The van der Waals surface area contributed by atoms with Gasteiger partial charge < -0.3 is 9.64 Å². The number of piperidine rings is 1. The molecule has 0 radical (unpaired) electrons. The second kappa shape index (κ2) is 5.52. The van der Waals surface area contributed by atoms with Gasteiger partial charge in [-0.1, -0.05) is 0 Å². The molecule has 1 aliphatic heterocycles. The van der Waals surface area contributed by atoms with Crippen LogP contribution >= 0.6 is 0 Å². The fourth-order valence-electron chi connectivity index (χ4n) is 3.28. The van der Waals surface area contributed by atoms with Crippen LogP contribution in [0.2, 0.25) is 0 Å². The van der Waals surface area contributed by atoms with Crippen molar-refractivity contribution in [1.82, 2.24) is 19.7 Å². The highest BCUT2D eigenvalue weighted by atomic mass is 16.5. The smallest absolute Gasteiger partial charge is 0.254 e. The van der Waals surface area contributed by atoms with Crippen molar-refractivity contribution in [3.05, 3.63) is 12.7 Å². The third kappa shape index (κ3) is 2.44. The van der Waals surface area contributed by atoms with E-state index in [1.54, 1.807) is 19.8 Å². The van der Waals surface area contributed by atoms with Gasteiger partial charge in [-0.05, 0) is 38.0 Å². The molecule has 1 saturated carbocycles. The summed E-state index contributed by atoms with van der Waals surface area (Å²) in [5.41, 5.74) is -0.519. The first-order chi connectivity index (χ1) is 9.73. The minimum atomic E-state index is -0.519. The molecule has 1 saturated heterocycles. The maximum atomic E-state index is 12.6. The minimum absolute atomic E-state index is 0.189. The monoisotopic (exact) mass is 278 g/mol. The van der Waals surface area contributed by atoms with Crippen LogP contribution in [-0.2, 0) is 16.1 Å². The summed E-state index contributed by atoms with van der Waals surface area (Å²) in [4.78, 5) is 18.6. The van der Waals surface area contributed by atoms with E-state index in [2.05, 4.69) is 10.1 Å². The summed E-state index contributed by atoms with van der Waals surface area (Å²) in [6, 6.07) is 0. The molecule has 6 heteroatoms. The second-order valence-corrected chi connectivity index (χ2v) is 5.93. The van der Waals surface area contributed by atoms with Crippen molar-refractivity contribution in [3.63, 3.8) is 0 Å². The van der Waals surface area contributed by atoms with Crippen LogP contribution in [0.15, 0.2) is 12.7 Å². The van der Waals surface area contributed by atoms with E-state index in [1.165, 1.54) is 0 Å². The highest BCUT2D eigenvalue weighted by Crippen LogP contribution is 2.37. The predicted molar refractivity (Wildman–Crippen MR) is 72.9 cm³/mol. The second-order valence-electron chi connectivity index (χ2n) is 5.93. The highest BCUT2D eigenvalue weighted by Gasteiger charge is 2.47. The van der Waals surface area contributed by atoms with E-state index < -0.39 is 5.60 Å². The molecule has 0 aromatic carbocycles. The van der Waals surface area contributed by atoms with Gasteiger partial charge in [0.15, 0.2) is 0 Å². The zero-order valence-corrected chi connectivity index (χ0v) is 12.0. The van der Waals surface area contributed by atoms with Gasteiger partial charge in [-0.2, -0.15) is 5.10 Å². The largest absolute Gasteiger partial charge is 0.368 e. The highest BCUT2D eigenvalue weighted by molar-refractivity contribution is 5.86. The fourth-order valence-corrected chi connectivity index (χ4v) is 3.28. The van der Waals surface area contributed by atoms with Crippen molar-refractivity contribution in [1.29, 1.82) is 0 Å². The number of amides is 1. The van der Waals surface area contributed by atoms with E-state index in [4.69, 9.17) is 4.74 Å². The van der Waals surface area contributed by atoms with E-state index in [-0.39, 0.29) is 5.91 Å². The number of methoxy groups -OCH3 is 1. The third-order valence-electron chi connectivity index (χ3n) is 4.66. The molecule has 1 unspecified atom stereocenters. The standard InChI is InChI=1S/C14H22N4O2/c1-20-14(5-3-6-14)13(19)17-7-2-4-12(8-17)9-18-11-15-10-16-18/h10-12H,2-9H2,1H3. The average molecular weight is 278 g/mol. The Labute approximate surface area is 119 Å². The number of rotatable bonds is 4. The van der Waals surface area contributed by atoms with E-state index in [1.807, 2.05) is 9.58 Å². The summed E-state index contributed by atoms with van der Waals surface area (Å²) in [6.45, 7) is 2.51. The van der Waals surface area contributed by atoms with Gasteiger partial charge in [0, 0.05) is 26.7 Å². The van der Waals surface area contributed by atoms with Crippen molar-refractivity contribution in [2.45, 2.75) is 44.2 Å². The number of carbonyl (C=O) groups excluding carboxylic acids is 1. The summed E-state index contributed by atoms with van der Waals surface area (Å²) in [6.07, 6.45) is 8.33. The molecule has 1 amide bonds. The van der Waals surface area contributed by atoms with E-state index in [9.17, 15) is 4.79 Å². The van der Waals surface area contributed by atoms with Crippen molar-refractivity contribution in [3.8, 4) is 0 Å². The lowest BCUT2D eigenvalue weighted by atomic mass is 9.78. The number of hydrogen-bond donors (Lipinski definition) is 0. The lowest BCUT2D eigenvalue weighted by molar-refractivity contribution is -0.167. The first-order valence-electron chi connectivity index (χ1n) is 7.40. The molecule has 110 valence electrons. The summed E-state index contributed by atoms with van der Waals surface area (Å²) >= 11 is 0. The van der Waals surface area contributed by atoms with Gasteiger partial charge in [-0.15, -0.1) is 0 Å². The third-order valence-corrected chi connectivity index (χ3v) is 4.66. The number of hydrogen-bond acceptors (Lipinski definition) is 4. The van der Waals surface area contributed by atoms with Crippen LogP contribution in [0.5, 0.6) is 0 Å². The molecule has 1 atom stereocenters. The van der Waals surface area contributed by atoms with E-state index in [0.717, 1.165) is 51.7 Å². The number of carbonyl (C=O) groups is 1. The van der Waals surface area contributed by atoms with Crippen molar-refractivity contribution >= 4 is 5.91 Å². The Hall–Kier alpha value is -1.43. The average Bonchev–Trinajstić information content (AvgIpc) is 2.91. The maximum Gasteiger partial charge on any atom is 0.254 e. The summed E-state index contributed by atoms with van der Waals surface area (Å²) < 4.78 is 7.37. The number of nitrogens with zero attached hydrogens (tertiary/aromatic N) is 4. The zero-order valence-electron chi connectivity index (χ0n) is 12.0. The molecular weight excluding hydrogens is 256 g/mol. The Morgan fingerprint density at radius 3 is 2.90 bits per heavy atom. The number of ether oxygens (including phenoxy) is 1. The van der Waals surface area contributed by atoms with Gasteiger partial charge in [-0.25, -0.2) is 4.98 Å². The Morgan fingerprint density at radius 2 is 2.30 bits per heavy atom. The normalized spacial score (nSPS) is 25.2. The molecular formula is C14H22N4O2. The van der Waals surface area contributed by atoms with Crippen LogP contribution in [0, 0.1) is 5.92 Å². The Bertz CT molecular complexity index is 450. The Balaban J connectivity index is 1.61. The van der Waals surface area contributed by atoms with Crippen LogP contribution in [-0.4, -0.2) is 51.4 Å². The minimum Gasteiger partial charge on any atom is -0.368 e. The van der Waals surface area contributed by atoms with Gasteiger partial charge in [0.05, 0.1) is 0 Å². The van der Waals surface area contributed by atoms with Crippen molar-refractivity contribution < 1.29 is 9.53 Å². The predicted octanol–water partition coefficient (Wildman–Crippen LogP) is 1.09. The molecule has 2 fully saturated rings. The lowest BCUT2D eigenvalue weighted by Gasteiger charge is -2.44. The molecule has 2 aliphatic rings. The van der Waals surface area contributed by atoms with Crippen molar-refractivity contribution in [2.75, 3.05) is 20.2 Å². The zero-order chi connectivity index (χ0) is 14.0. The van der Waals surface area contributed by atoms with Gasteiger partial charge in [-0.3, -0.25) is 9.48 Å². The molecule has 0 N–H and O–H groups in total. The van der Waals surface area contributed by atoms with Crippen LogP contribution in [0.4, 0.5) is 0 Å². The van der Waals surface area contributed by atoms with Gasteiger partial charge in [0.1, 0.15) is 18.3 Å². The Morgan fingerprint density at radius 1 is 1.45 bits per heavy atom. The topological polar surface area (TPSA) is 60.2 Å². The molecule has 6 nitrogen and oxygen atoms in total. The lowest BCUT2D eigenvalue weighted by Crippen LogP contribution is -2.56. The van der Waals surface area contributed by atoms with Gasteiger partial charge in [0.25, 0.3) is 5.91 Å². The summed E-state index contributed by atoms with van der Waals surface area (Å²) in [5.74, 6) is 0.651. The molecule has 1 aromatic heterocycles. The number of likely N-dealkylation sites (tertiary alicyclic amines) is 1. The first-order valence-corrected chi connectivity index (χ1v) is 7.40. The van der Waals surface area contributed by atoms with Crippen LogP contribution in [0.1, 0.15) is 32.1 Å². The number of aromatic nitrogens is 3.